The van der Waals surface area contributed by atoms with Crippen molar-refractivity contribution in [1.82, 2.24) is 0 Å². The topological polar surface area (TPSA) is 110 Å². The number of imide groups is 1. The Balaban J connectivity index is 1.21. The van der Waals surface area contributed by atoms with Gasteiger partial charge in [0, 0.05) is 38.8 Å². The molecule has 48 heavy (non-hydrogen) atoms. The number of anilines is 1. The Bertz CT molecular complexity index is 2040. The minimum absolute atomic E-state index is 0.0678. The maximum atomic E-state index is 14.2. The molecule has 4 atom stereocenters. The molecule has 3 aromatic carbocycles. The van der Waals surface area contributed by atoms with Crippen molar-refractivity contribution in [3.8, 4) is 17.2 Å². The van der Waals surface area contributed by atoms with E-state index < -0.39 is 23.7 Å². The summed E-state index contributed by atoms with van der Waals surface area (Å²) >= 11 is 6.36. The number of hydrogen-bond acceptors (Lipinski definition) is 7. The summed E-state index contributed by atoms with van der Waals surface area (Å²) in [6, 6.07) is 17.3. The zero-order chi connectivity index (χ0) is 33.9. The number of Topliss-reactive ketones (excluding diaryl/α,β-unsaturated/α-hetero) is 1. The van der Waals surface area contributed by atoms with Crippen molar-refractivity contribution in [3.05, 3.63) is 117 Å². The molecule has 1 aliphatic heterocycles. The number of benzene rings is 3. The average molecular weight is 662 g/mol. The summed E-state index contributed by atoms with van der Waals surface area (Å²) in [4.78, 5) is 56.3. The molecule has 4 aliphatic rings. The lowest BCUT2D eigenvalue weighted by Gasteiger charge is -2.42. The third-order valence-electron chi connectivity index (χ3n) is 9.91. The van der Waals surface area contributed by atoms with E-state index in [0.717, 1.165) is 16.7 Å². The second kappa shape index (κ2) is 12.1. The van der Waals surface area contributed by atoms with Crippen LogP contribution in [0.15, 0.2) is 95.1 Å². The lowest BCUT2D eigenvalue weighted by atomic mass is 9.59. The minimum Gasteiger partial charge on any atom is -0.508 e. The second-order valence-electron chi connectivity index (χ2n) is 12.5. The number of ether oxygens (including phenoxy) is 2. The third kappa shape index (κ3) is 5.08. The van der Waals surface area contributed by atoms with Gasteiger partial charge < -0.3 is 14.6 Å². The highest BCUT2D eigenvalue weighted by Gasteiger charge is 2.56. The number of aromatic hydroxyl groups is 1. The molecular weight excluding hydrogens is 630 g/mol. The van der Waals surface area contributed by atoms with Crippen LogP contribution in [-0.2, 0) is 19.2 Å². The Labute approximate surface area is 282 Å². The van der Waals surface area contributed by atoms with Crippen LogP contribution in [0.1, 0.15) is 42.4 Å². The van der Waals surface area contributed by atoms with Gasteiger partial charge in [0.2, 0.25) is 11.8 Å². The number of rotatable bonds is 6. The molecule has 242 valence electrons. The highest BCUT2D eigenvalue weighted by molar-refractivity contribution is 6.30. The van der Waals surface area contributed by atoms with Gasteiger partial charge in [0.15, 0.2) is 11.6 Å². The number of ketones is 2. The van der Waals surface area contributed by atoms with Crippen LogP contribution in [0.3, 0.4) is 0 Å². The van der Waals surface area contributed by atoms with Crippen molar-refractivity contribution < 1.29 is 33.8 Å². The molecule has 0 spiro atoms. The zero-order valence-corrected chi connectivity index (χ0v) is 27.3. The van der Waals surface area contributed by atoms with E-state index in [1.165, 1.54) is 17.0 Å². The molecular formula is C39H32ClNO7. The quantitative estimate of drug-likeness (QED) is 0.133. The van der Waals surface area contributed by atoms with Gasteiger partial charge in [-0.2, -0.15) is 0 Å². The summed E-state index contributed by atoms with van der Waals surface area (Å²) < 4.78 is 10.8. The fourth-order valence-corrected chi connectivity index (χ4v) is 7.80. The Hall–Kier alpha value is -5.21. The predicted octanol–water partition coefficient (Wildman–Crippen LogP) is 6.87. The summed E-state index contributed by atoms with van der Waals surface area (Å²) in [5.74, 6) is -2.53. The van der Waals surface area contributed by atoms with Crippen molar-refractivity contribution in [3.63, 3.8) is 0 Å². The number of carbonyl (C=O) groups excluding carboxylic acids is 4. The molecule has 1 fully saturated rings. The van der Waals surface area contributed by atoms with Gasteiger partial charge >= 0.3 is 0 Å². The van der Waals surface area contributed by atoms with Crippen molar-refractivity contribution >= 4 is 52.8 Å². The van der Waals surface area contributed by atoms with E-state index in [1.807, 2.05) is 48.6 Å². The summed E-state index contributed by atoms with van der Waals surface area (Å²) in [7, 11) is 3.20. The van der Waals surface area contributed by atoms with Crippen LogP contribution < -0.4 is 14.4 Å². The number of phenols is 1. The highest BCUT2D eigenvalue weighted by atomic mass is 35.5. The van der Waals surface area contributed by atoms with E-state index >= 15 is 0 Å². The van der Waals surface area contributed by atoms with E-state index in [9.17, 15) is 24.3 Å². The minimum atomic E-state index is -0.773. The summed E-state index contributed by atoms with van der Waals surface area (Å²) in [6.07, 6.45) is 7.50. The standard InChI is InChI=1S/C39H32ClNO7/c1-20-16-32(43)30-19-28-26(34(36(30)37(20)44)29-18-23(40)8-14-31(29)42)12-13-27-35(28)39(46)41(38(27)45)24-9-5-21(6-10-24)4-7-22-17-25(47-2)11-15-33(22)48-3/h4-12,14-18,27-28,34-35,42H,13,19H2,1-3H3. The fourth-order valence-electron chi connectivity index (χ4n) is 7.62. The largest absolute Gasteiger partial charge is 0.508 e. The Morgan fingerprint density at radius 2 is 1.67 bits per heavy atom. The van der Waals surface area contributed by atoms with E-state index in [4.69, 9.17) is 21.1 Å². The molecule has 2 amide bonds. The number of fused-ring (bicyclic) bond motifs is 3. The number of halogens is 1. The molecule has 0 radical (unpaired) electrons. The van der Waals surface area contributed by atoms with Gasteiger partial charge in [0.25, 0.3) is 0 Å². The SMILES string of the molecule is COc1ccc(OC)c(C=Cc2ccc(N3C(=O)C4CC=C5C(c6cc(Cl)ccc6O)C6=C(CC5C4C3=O)C(=O)C=C(C)C6=O)cc2)c1. The van der Waals surface area contributed by atoms with Crippen molar-refractivity contribution in [2.24, 2.45) is 17.8 Å². The maximum Gasteiger partial charge on any atom is 0.238 e. The third-order valence-corrected chi connectivity index (χ3v) is 10.1. The van der Waals surface area contributed by atoms with Crippen LogP contribution in [-0.4, -0.2) is 42.7 Å². The number of allylic oxidation sites excluding steroid dienone is 6. The van der Waals surface area contributed by atoms with Gasteiger partial charge in [-0.05, 0) is 85.9 Å². The van der Waals surface area contributed by atoms with E-state index in [1.54, 1.807) is 45.4 Å². The van der Waals surface area contributed by atoms with Crippen molar-refractivity contribution in [2.75, 3.05) is 19.1 Å². The Morgan fingerprint density at radius 1 is 0.896 bits per heavy atom. The van der Waals surface area contributed by atoms with Gasteiger partial charge in [-0.3, -0.25) is 24.1 Å². The monoisotopic (exact) mass is 661 g/mol. The molecule has 1 heterocycles. The van der Waals surface area contributed by atoms with Gasteiger partial charge in [0.05, 0.1) is 31.7 Å². The first-order valence-corrected chi connectivity index (χ1v) is 16.1. The smallest absolute Gasteiger partial charge is 0.238 e. The molecule has 7 rings (SSSR count). The van der Waals surface area contributed by atoms with E-state index in [0.29, 0.717) is 44.5 Å². The van der Waals surface area contributed by atoms with Crippen LogP contribution in [0.2, 0.25) is 5.02 Å². The number of nitrogens with zero attached hydrogens (tertiary/aromatic N) is 1. The molecule has 8 nitrogen and oxygen atoms in total. The van der Waals surface area contributed by atoms with Crippen LogP contribution in [0.25, 0.3) is 12.2 Å². The first kappa shape index (κ1) is 31.4. The number of hydrogen-bond donors (Lipinski definition) is 1. The molecule has 3 aliphatic carbocycles. The number of carbonyl (C=O) groups is 4. The first-order valence-electron chi connectivity index (χ1n) is 15.7. The number of amides is 2. The summed E-state index contributed by atoms with van der Waals surface area (Å²) in [5, 5.41) is 11.3. The molecule has 0 aromatic heterocycles. The molecule has 3 aromatic rings. The second-order valence-corrected chi connectivity index (χ2v) is 12.9. The Morgan fingerprint density at radius 3 is 2.40 bits per heavy atom. The van der Waals surface area contributed by atoms with Gasteiger partial charge in [0.1, 0.15) is 17.2 Å². The Kier molecular flexibility index (Phi) is 7.92. The molecule has 0 saturated carbocycles. The lowest BCUT2D eigenvalue weighted by molar-refractivity contribution is -0.123. The fraction of sp³-hybridized carbons (Fsp3) is 0.231. The van der Waals surface area contributed by atoms with Crippen LogP contribution in [0.5, 0.6) is 17.2 Å². The van der Waals surface area contributed by atoms with Crippen LogP contribution in [0, 0.1) is 17.8 Å². The van der Waals surface area contributed by atoms with Crippen LogP contribution in [0.4, 0.5) is 5.69 Å². The van der Waals surface area contributed by atoms with Gasteiger partial charge in [-0.1, -0.05) is 47.5 Å². The van der Waals surface area contributed by atoms with E-state index in [2.05, 4.69) is 0 Å². The normalized spacial score (nSPS) is 23.5. The summed E-state index contributed by atoms with van der Waals surface area (Å²) in [5.41, 5.74) is 4.23. The van der Waals surface area contributed by atoms with Gasteiger partial charge in [-0.25, -0.2) is 0 Å². The first-order chi connectivity index (χ1) is 23.1. The van der Waals surface area contributed by atoms with Crippen LogP contribution >= 0.6 is 11.6 Å². The molecule has 0 bridgehead atoms. The molecule has 9 heteroatoms. The average Bonchev–Trinajstić information content (AvgIpc) is 3.35. The molecule has 1 N–H and O–H groups in total. The zero-order valence-electron chi connectivity index (χ0n) is 26.5. The van der Waals surface area contributed by atoms with Crippen molar-refractivity contribution in [2.45, 2.75) is 25.7 Å². The molecule has 4 unspecified atom stereocenters. The van der Waals surface area contributed by atoms with Crippen molar-refractivity contribution in [1.29, 1.82) is 0 Å². The van der Waals surface area contributed by atoms with E-state index in [-0.39, 0.29) is 42.0 Å². The maximum absolute atomic E-state index is 14.2. The predicted molar refractivity (Wildman–Crippen MR) is 182 cm³/mol. The molecule has 1 saturated heterocycles. The lowest BCUT2D eigenvalue weighted by Crippen LogP contribution is -2.39. The number of phenolic OH excluding ortho intramolecular Hbond substituents is 1. The summed E-state index contributed by atoms with van der Waals surface area (Å²) in [6.45, 7) is 1.60. The number of methoxy groups -OCH3 is 2. The highest BCUT2D eigenvalue weighted by Crippen LogP contribution is 2.56. The van der Waals surface area contributed by atoms with Gasteiger partial charge in [-0.15, -0.1) is 0 Å².